The molecule has 2 N–H and O–H groups in total. The van der Waals surface area contributed by atoms with Crippen molar-refractivity contribution in [3.63, 3.8) is 0 Å². The van der Waals surface area contributed by atoms with Crippen LogP contribution < -0.4 is 10.8 Å². The number of pyridine rings is 1. The lowest BCUT2D eigenvalue weighted by Gasteiger charge is -2.32. The lowest BCUT2D eigenvalue weighted by Crippen LogP contribution is -2.40. The van der Waals surface area contributed by atoms with Gasteiger partial charge in [-0.05, 0) is 62.1 Å². The Kier molecular flexibility index (Phi) is 7.60. The summed E-state index contributed by atoms with van der Waals surface area (Å²) in [5.41, 5.74) is 3.16. The number of ether oxygens (including phenoxy) is 1. The van der Waals surface area contributed by atoms with E-state index in [1.165, 1.54) is 25.5 Å². The summed E-state index contributed by atoms with van der Waals surface area (Å²) in [5, 5.41) is 4.04. The topological polar surface area (TPSA) is 75.7 Å². The fourth-order valence-corrected chi connectivity index (χ4v) is 4.13. The number of likely N-dealkylation sites (tertiary alicyclic amines) is 1. The Morgan fingerprint density at radius 2 is 2.10 bits per heavy atom. The summed E-state index contributed by atoms with van der Waals surface area (Å²) >= 11 is 6.42. The van der Waals surface area contributed by atoms with Crippen LogP contribution in [0.25, 0.3) is 6.08 Å². The van der Waals surface area contributed by atoms with Gasteiger partial charge in [-0.15, -0.1) is 0 Å². The third-order valence-corrected chi connectivity index (χ3v) is 6.15. The normalized spacial score (nSPS) is 23.6. The highest BCUT2D eigenvalue weighted by Gasteiger charge is 2.27. The Balaban J connectivity index is 1.21. The van der Waals surface area contributed by atoms with Gasteiger partial charge in [-0.2, -0.15) is 0 Å². The van der Waals surface area contributed by atoms with Crippen LogP contribution in [0.3, 0.4) is 0 Å². The van der Waals surface area contributed by atoms with Crippen molar-refractivity contribution < 1.29 is 14.4 Å². The predicted octanol–water partition coefficient (Wildman–Crippen LogP) is 3.61. The minimum Gasteiger partial charge on any atom is -0.366 e. The number of carbonyl (C=O) groups is 1. The van der Waals surface area contributed by atoms with Gasteiger partial charge in [-0.1, -0.05) is 11.6 Å². The molecule has 7 nitrogen and oxygen atoms in total. The number of amides is 1. The molecule has 1 unspecified atom stereocenters. The smallest absolute Gasteiger partial charge is 0.267 e. The maximum Gasteiger partial charge on any atom is 0.267 e. The van der Waals surface area contributed by atoms with E-state index in [1.54, 1.807) is 12.3 Å². The molecule has 1 aromatic heterocycles. The third kappa shape index (κ3) is 6.67. The number of rotatable bonds is 8. The monoisotopic (exact) mass is 434 g/mol. The molecular formula is C22H31ClN4O3. The van der Waals surface area contributed by atoms with Crippen molar-refractivity contribution in [2.45, 2.75) is 57.3 Å². The molecule has 0 aromatic carbocycles. The third-order valence-electron chi connectivity index (χ3n) is 5.86. The molecule has 0 spiro atoms. The lowest BCUT2D eigenvalue weighted by atomic mass is 10.0. The van der Waals surface area contributed by atoms with Crippen LogP contribution >= 0.6 is 11.6 Å². The number of halogens is 1. The number of carbonyl (C=O) groups excluding carboxylic acids is 1. The lowest BCUT2D eigenvalue weighted by molar-refractivity contribution is -0.198. The molecule has 4 rings (SSSR count). The summed E-state index contributed by atoms with van der Waals surface area (Å²) in [4.78, 5) is 24.2. The summed E-state index contributed by atoms with van der Waals surface area (Å²) in [5.74, 6) is 1.30. The highest BCUT2D eigenvalue weighted by Crippen LogP contribution is 2.31. The minimum atomic E-state index is -0.363. The zero-order chi connectivity index (χ0) is 20.8. The van der Waals surface area contributed by atoms with Crippen molar-refractivity contribution in [3.8, 4) is 0 Å². The van der Waals surface area contributed by atoms with Gasteiger partial charge < -0.3 is 15.0 Å². The van der Waals surface area contributed by atoms with E-state index in [1.807, 2.05) is 6.07 Å². The molecule has 1 atom stereocenters. The van der Waals surface area contributed by atoms with Crippen LogP contribution in [0.2, 0.25) is 5.02 Å². The van der Waals surface area contributed by atoms with Crippen LogP contribution in [0.5, 0.6) is 0 Å². The molecule has 1 saturated carbocycles. The molecule has 3 fully saturated rings. The van der Waals surface area contributed by atoms with E-state index >= 15 is 0 Å². The fraction of sp³-hybridized carbons (Fsp3) is 0.636. The van der Waals surface area contributed by atoms with Crippen molar-refractivity contribution in [2.75, 3.05) is 31.6 Å². The zero-order valence-corrected chi connectivity index (χ0v) is 18.1. The predicted molar refractivity (Wildman–Crippen MR) is 117 cm³/mol. The number of hydrogen-bond donors (Lipinski definition) is 2. The molecule has 1 aliphatic carbocycles. The van der Waals surface area contributed by atoms with Crippen molar-refractivity contribution >= 4 is 29.4 Å². The Hall–Kier alpha value is -1.67. The molecular weight excluding hydrogens is 404 g/mol. The van der Waals surface area contributed by atoms with Crippen LogP contribution in [0, 0.1) is 5.92 Å². The first kappa shape index (κ1) is 21.6. The van der Waals surface area contributed by atoms with E-state index in [0.29, 0.717) is 23.5 Å². The second-order valence-electron chi connectivity index (χ2n) is 8.48. The first-order valence-corrected chi connectivity index (χ1v) is 11.4. The average Bonchev–Trinajstić information content (AvgIpc) is 3.58. The summed E-state index contributed by atoms with van der Waals surface area (Å²) in [6.45, 7) is 4.20. The van der Waals surface area contributed by atoms with E-state index in [-0.39, 0.29) is 12.2 Å². The summed E-state index contributed by atoms with van der Waals surface area (Å²) in [6, 6.07) is 2.21. The van der Waals surface area contributed by atoms with Crippen molar-refractivity contribution in [1.82, 2.24) is 15.4 Å². The Bertz CT molecular complexity index is 742. The van der Waals surface area contributed by atoms with Gasteiger partial charge in [0.2, 0.25) is 0 Å². The van der Waals surface area contributed by atoms with E-state index < -0.39 is 0 Å². The molecule has 164 valence electrons. The summed E-state index contributed by atoms with van der Waals surface area (Å²) in [6.07, 6.45) is 12.3. The second kappa shape index (κ2) is 10.6. The van der Waals surface area contributed by atoms with Gasteiger partial charge in [0.05, 0.1) is 5.02 Å². The Morgan fingerprint density at radius 1 is 1.27 bits per heavy atom. The number of piperidine rings is 1. The molecule has 0 radical (unpaired) electrons. The number of hydroxylamine groups is 1. The van der Waals surface area contributed by atoms with Crippen LogP contribution in [0.15, 0.2) is 18.3 Å². The molecule has 0 bridgehead atoms. The fourth-order valence-electron chi connectivity index (χ4n) is 3.90. The van der Waals surface area contributed by atoms with Gasteiger partial charge in [-0.3, -0.25) is 4.79 Å². The van der Waals surface area contributed by atoms with E-state index in [9.17, 15) is 4.79 Å². The van der Waals surface area contributed by atoms with Gasteiger partial charge >= 0.3 is 0 Å². The highest BCUT2D eigenvalue weighted by atomic mass is 35.5. The number of anilines is 1. The van der Waals surface area contributed by atoms with Gasteiger partial charge in [-0.25, -0.2) is 15.3 Å². The molecule has 1 aromatic rings. The van der Waals surface area contributed by atoms with E-state index in [2.05, 4.69) is 20.7 Å². The van der Waals surface area contributed by atoms with E-state index in [0.717, 1.165) is 56.7 Å². The molecule has 3 aliphatic rings. The van der Waals surface area contributed by atoms with Gasteiger partial charge in [0.1, 0.15) is 5.82 Å². The summed E-state index contributed by atoms with van der Waals surface area (Å²) < 4.78 is 5.41. The molecule has 3 heterocycles. The average molecular weight is 435 g/mol. The van der Waals surface area contributed by atoms with Gasteiger partial charge in [0.15, 0.2) is 6.29 Å². The Morgan fingerprint density at radius 3 is 2.80 bits per heavy atom. The van der Waals surface area contributed by atoms with Crippen LogP contribution in [0.1, 0.15) is 50.5 Å². The first-order valence-electron chi connectivity index (χ1n) is 11.1. The number of nitrogens with one attached hydrogen (secondary N) is 2. The molecule has 30 heavy (non-hydrogen) atoms. The number of hydrogen-bond acceptors (Lipinski definition) is 6. The van der Waals surface area contributed by atoms with E-state index in [4.69, 9.17) is 21.2 Å². The minimum absolute atomic E-state index is 0.347. The maximum absolute atomic E-state index is 11.9. The summed E-state index contributed by atoms with van der Waals surface area (Å²) in [7, 11) is 0. The van der Waals surface area contributed by atoms with Gasteiger partial charge in [0.25, 0.3) is 5.91 Å². The molecule has 8 heteroatoms. The van der Waals surface area contributed by atoms with Crippen LogP contribution in [-0.4, -0.2) is 54.4 Å². The van der Waals surface area contributed by atoms with Crippen LogP contribution in [-0.2, 0) is 14.4 Å². The Labute approximate surface area is 183 Å². The first-order chi connectivity index (χ1) is 14.7. The zero-order valence-electron chi connectivity index (χ0n) is 17.3. The van der Waals surface area contributed by atoms with Gasteiger partial charge in [0, 0.05) is 51.0 Å². The SMILES string of the molecule is O=C(/C=C/c1cnc(NC2CCN(CC3CC3)CC2)c(Cl)c1)NOC1CCCCO1. The van der Waals surface area contributed by atoms with Crippen LogP contribution in [0.4, 0.5) is 5.82 Å². The standard InChI is InChI=1S/C22H31ClN4O3/c23-19-13-17(6-7-20(28)26-30-21-3-1-2-12-29-21)14-24-22(19)25-18-8-10-27(11-9-18)15-16-4-5-16/h6-7,13-14,16,18,21H,1-5,8-12,15H2,(H,24,25)(H,26,28)/b7-6+. The molecule has 2 saturated heterocycles. The molecule has 1 amide bonds. The second-order valence-corrected chi connectivity index (χ2v) is 8.88. The maximum atomic E-state index is 11.9. The molecule has 2 aliphatic heterocycles. The highest BCUT2D eigenvalue weighted by molar-refractivity contribution is 6.33. The van der Waals surface area contributed by atoms with Crippen molar-refractivity contribution in [3.05, 3.63) is 28.9 Å². The van der Waals surface area contributed by atoms with Crippen molar-refractivity contribution in [1.29, 1.82) is 0 Å². The van der Waals surface area contributed by atoms with Crippen molar-refractivity contribution in [2.24, 2.45) is 5.92 Å². The number of aromatic nitrogens is 1. The quantitative estimate of drug-likeness (QED) is 0.481. The number of nitrogens with zero attached hydrogens (tertiary/aromatic N) is 2. The largest absolute Gasteiger partial charge is 0.366 e.